The van der Waals surface area contributed by atoms with Crippen LogP contribution in [0.1, 0.15) is 102 Å². The Hall–Kier alpha value is 0.845. The van der Waals surface area contributed by atoms with Crippen molar-refractivity contribution in [3.8, 4) is 0 Å². The van der Waals surface area contributed by atoms with Crippen LogP contribution in [-0.2, 0) is 33.2 Å². The van der Waals surface area contributed by atoms with Crippen molar-refractivity contribution < 1.29 is 111 Å². The van der Waals surface area contributed by atoms with Gasteiger partial charge < -0.3 is 49.1 Å². The van der Waals surface area contributed by atoms with Crippen LogP contribution in [0.3, 0.4) is 0 Å². The van der Waals surface area contributed by atoms with E-state index in [1.54, 1.807) is 41.7 Å². The zero-order chi connectivity index (χ0) is 38.1. The van der Waals surface area contributed by atoms with Crippen molar-refractivity contribution in [1.82, 2.24) is 0 Å². The Labute approximate surface area is 355 Å². The number of methoxy groups -OCH3 is 2. The van der Waals surface area contributed by atoms with Gasteiger partial charge in [0.25, 0.3) is 0 Å². The summed E-state index contributed by atoms with van der Waals surface area (Å²) in [6, 6.07) is -0.481. The fourth-order valence-corrected chi connectivity index (χ4v) is 8.91. The first-order chi connectivity index (χ1) is 23.1. The summed E-state index contributed by atoms with van der Waals surface area (Å²) in [6.45, 7) is 20.5. The van der Waals surface area contributed by atoms with Gasteiger partial charge in [-0.2, -0.15) is 7.05 Å². The van der Waals surface area contributed by atoms with E-state index in [4.69, 9.17) is 28.4 Å². The van der Waals surface area contributed by atoms with Gasteiger partial charge in [0.2, 0.25) is 0 Å². The Balaban J connectivity index is 0.00000901. The molecule has 3 aliphatic heterocycles. The number of likely N-dealkylation sites (N-methyl/N-ethyl adjacent to an activating group) is 1. The number of alkyl halides is 1. The van der Waals surface area contributed by atoms with Crippen molar-refractivity contribution in [3.05, 3.63) is 5.32 Å². The number of aliphatic hydroxyl groups excluding tert-OH is 2. The summed E-state index contributed by atoms with van der Waals surface area (Å²) in [4.78, 5) is 14.2. The molecule has 294 valence electrons. The number of aliphatic hydroxyl groups is 3. The van der Waals surface area contributed by atoms with E-state index in [1.807, 2.05) is 20.8 Å². The maximum atomic E-state index is 18.2. The summed E-state index contributed by atoms with van der Waals surface area (Å²) in [5, 5.41) is 38.7. The first-order valence-corrected chi connectivity index (χ1v) is 18.7. The Morgan fingerprint density at radius 1 is 0.941 bits per heavy atom. The van der Waals surface area contributed by atoms with Crippen LogP contribution < -0.4 is 58.2 Å². The summed E-state index contributed by atoms with van der Waals surface area (Å²) in [7, 11) is 4.63. The molecule has 0 amide bonds. The SMILES string of the molecule is CC[C@H]1OC(=O)[C@H](C)[C@@H](C2C[C@@](C)(OC)[C@@H](O)[C@H](C)O2)[C@H](F)[C@@H](O[C@@H]2O[C@H](C)C[C@H]([N-]C)[C@H]2O)[C@](C)(OC)C[C@@H](C)[C@H](C)[C@H](C)[C@@H](C)[C@]1(C)O.[Rb+]. The maximum absolute atomic E-state index is 18.2. The van der Waals surface area contributed by atoms with Crippen molar-refractivity contribution >= 4 is 5.97 Å². The molecule has 3 rings (SSSR count). The van der Waals surface area contributed by atoms with Gasteiger partial charge in [-0.1, -0.05) is 41.5 Å². The third-order valence-corrected chi connectivity index (χ3v) is 13.3. The molecular weight excluding hydrogens is 735 g/mol. The molecule has 0 aromatic heterocycles. The predicted octanol–water partition coefficient (Wildman–Crippen LogP) is 2.20. The number of carbonyl (C=O) groups is 1. The van der Waals surface area contributed by atoms with E-state index in [2.05, 4.69) is 26.1 Å². The van der Waals surface area contributed by atoms with Crippen LogP contribution in [0.5, 0.6) is 0 Å². The van der Waals surface area contributed by atoms with Gasteiger partial charge in [-0.05, 0) is 77.6 Å². The summed E-state index contributed by atoms with van der Waals surface area (Å²) >= 11 is 0. The average molecular weight is 804 g/mol. The molecule has 3 heterocycles. The van der Waals surface area contributed by atoms with Gasteiger partial charge in [-0.3, -0.25) is 4.79 Å². The Morgan fingerprint density at radius 3 is 2.06 bits per heavy atom. The molecule has 13 heteroatoms. The molecule has 51 heavy (non-hydrogen) atoms. The van der Waals surface area contributed by atoms with Crippen molar-refractivity contribution in [2.75, 3.05) is 21.3 Å². The molecule has 1 unspecified atom stereocenters. The Kier molecular flexibility index (Phi) is 18.2. The monoisotopic (exact) mass is 803 g/mol. The fourth-order valence-electron chi connectivity index (χ4n) is 8.91. The molecule has 0 aromatic carbocycles. The fraction of sp³-hybridized carbons (Fsp3) is 0.974. The topological polar surface area (TPSA) is 147 Å². The molecule has 0 bridgehead atoms. The second kappa shape index (κ2) is 19.3. The third-order valence-electron chi connectivity index (χ3n) is 13.3. The van der Waals surface area contributed by atoms with Crippen LogP contribution in [0.25, 0.3) is 5.32 Å². The van der Waals surface area contributed by atoms with Gasteiger partial charge in [0.1, 0.15) is 30.1 Å². The number of esters is 1. The number of cyclic esters (lactones) is 1. The molecule has 11 nitrogen and oxygen atoms in total. The van der Waals surface area contributed by atoms with Crippen LogP contribution in [0.4, 0.5) is 4.39 Å². The van der Waals surface area contributed by atoms with E-state index >= 15 is 4.39 Å². The van der Waals surface area contributed by atoms with Gasteiger partial charge in [0.15, 0.2) is 6.29 Å². The molecule has 3 N–H and O–H groups in total. The van der Waals surface area contributed by atoms with E-state index in [9.17, 15) is 20.1 Å². The van der Waals surface area contributed by atoms with E-state index in [0.717, 1.165) is 0 Å². The van der Waals surface area contributed by atoms with E-state index < -0.39 is 89.7 Å². The van der Waals surface area contributed by atoms with Crippen molar-refractivity contribution in [3.63, 3.8) is 0 Å². The Bertz CT molecular complexity index is 1110. The van der Waals surface area contributed by atoms with E-state index in [1.165, 1.54) is 14.2 Å². The smallest absolute Gasteiger partial charge is 0.660 e. The molecule has 3 saturated heterocycles. The summed E-state index contributed by atoms with van der Waals surface area (Å²) in [5.74, 6) is -3.27. The van der Waals surface area contributed by atoms with Crippen LogP contribution in [-0.4, -0.2) is 121 Å². The number of carbonyl (C=O) groups excluding carboxylic acids is 1. The minimum atomic E-state index is -1.93. The molecular formula is C38H69FNO10Rb. The number of ether oxygens (including phenoxy) is 6. The second-order valence-corrected chi connectivity index (χ2v) is 16.5. The first-order valence-electron chi connectivity index (χ1n) is 18.7. The minimum Gasteiger partial charge on any atom is -0.660 e. The van der Waals surface area contributed by atoms with Crippen molar-refractivity contribution in [1.29, 1.82) is 0 Å². The third kappa shape index (κ3) is 10.2. The first kappa shape index (κ1) is 48.0. The van der Waals surface area contributed by atoms with Gasteiger partial charge in [-0.15, -0.1) is 6.04 Å². The van der Waals surface area contributed by atoms with Crippen LogP contribution in [0.2, 0.25) is 0 Å². The second-order valence-electron chi connectivity index (χ2n) is 16.5. The number of rotatable bonds is 7. The molecule has 0 spiro atoms. The molecule has 3 aliphatic rings. The summed E-state index contributed by atoms with van der Waals surface area (Å²) in [6.07, 6.45) is -8.28. The zero-order valence-electron chi connectivity index (χ0n) is 34.1. The largest absolute Gasteiger partial charge is 1.00 e. The summed E-state index contributed by atoms with van der Waals surface area (Å²) < 4.78 is 55.4. The van der Waals surface area contributed by atoms with Gasteiger partial charge >= 0.3 is 64.2 Å². The van der Waals surface area contributed by atoms with Gasteiger partial charge in [0, 0.05) is 26.6 Å². The quantitative estimate of drug-likeness (QED) is 0.328. The van der Waals surface area contributed by atoms with Crippen LogP contribution >= 0.6 is 0 Å². The van der Waals surface area contributed by atoms with Crippen molar-refractivity contribution in [2.45, 2.75) is 180 Å². The molecule has 0 radical (unpaired) electrons. The molecule has 19 atom stereocenters. The predicted molar refractivity (Wildman–Crippen MR) is 188 cm³/mol. The average Bonchev–Trinajstić information content (AvgIpc) is 3.07. The van der Waals surface area contributed by atoms with Gasteiger partial charge in [-0.25, -0.2) is 4.39 Å². The standard InChI is InChI=1S/C38H69FNO10.Rb/c1-15-28-38(11,44)24(7)22(5)21(4)19(2)17-37(10,46-14)33(50-35-31(41)26(40-12)16-20(3)47-35)30(39)29(23(6)34(43)49-28)27-18-36(9,45-13)32(42)25(8)48-27;/h19-33,35,41-42,44H,15-18H2,1-14H3;/q-1;+1/t19-,20-,21+,22+,23-,24-,25+,26+,27?,28-,29+,30+,31-,32+,33-,35+,36-,37-,38+;/m1./s1. The normalized spacial score (nSPS) is 50.8. The van der Waals surface area contributed by atoms with Crippen LogP contribution in [0.15, 0.2) is 0 Å². The minimum absolute atomic E-state index is 0. The van der Waals surface area contributed by atoms with E-state index in [0.29, 0.717) is 19.3 Å². The molecule has 0 aliphatic carbocycles. The number of nitrogens with zero attached hydrogens (tertiary/aromatic N) is 1. The number of hydrogen-bond donors (Lipinski definition) is 3. The molecule has 0 saturated carbocycles. The van der Waals surface area contributed by atoms with E-state index in [-0.39, 0.29) is 94.4 Å². The van der Waals surface area contributed by atoms with Crippen molar-refractivity contribution in [2.24, 2.45) is 35.5 Å². The summed E-state index contributed by atoms with van der Waals surface area (Å²) in [5.41, 5.74) is -3.77. The maximum Gasteiger partial charge on any atom is 1.00 e. The molecule has 3 fully saturated rings. The Morgan fingerprint density at radius 2 is 1.53 bits per heavy atom. The zero-order valence-corrected chi connectivity index (χ0v) is 39.0. The van der Waals surface area contributed by atoms with Gasteiger partial charge in [0.05, 0.1) is 41.5 Å². The number of halogens is 1. The van der Waals surface area contributed by atoms with Crippen LogP contribution in [0, 0.1) is 35.5 Å². The number of hydrogen-bond acceptors (Lipinski definition) is 10. The molecule has 0 aromatic rings.